The lowest BCUT2D eigenvalue weighted by molar-refractivity contribution is -0.147. The first kappa shape index (κ1) is 18.0. The number of carbonyl (C=O) groups is 2. The number of hydrogen-bond acceptors (Lipinski definition) is 5. The minimum atomic E-state index is -0.385. The maximum Gasteiger partial charge on any atom is 0.314 e. The summed E-state index contributed by atoms with van der Waals surface area (Å²) in [4.78, 5) is 24.4. The van der Waals surface area contributed by atoms with E-state index in [1.807, 2.05) is 48.5 Å². The number of rotatable bonds is 6. The molecule has 0 N–H and O–H groups in total. The largest absolute Gasteiger partial charge is 0.493 e. The molecule has 0 spiro atoms. The highest BCUT2D eigenvalue weighted by molar-refractivity contribution is 5.81. The quantitative estimate of drug-likeness (QED) is 0.744. The van der Waals surface area contributed by atoms with Gasteiger partial charge in [-0.1, -0.05) is 48.5 Å². The van der Waals surface area contributed by atoms with E-state index >= 15 is 0 Å². The number of para-hydroxylation sites is 1. The van der Waals surface area contributed by atoms with Gasteiger partial charge in [-0.2, -0.15) is 0 Å². The number of benzene rings is 2. The van der Waals surface area contributed by atoms with Gasteiger partial charge < -0.3 is 14.2 Å². The fourth-order valence-electron chi connectivity index (χ4n) is 3.07. The maximum absolute atomic E-state index is 12.6. The van der Waals surface area contributed by atoms with Crippen LogP contribution in [0.5, 0.6) is 5.75 Å². The van der Waals surface area contributed by atoms with Gasteiger partial charge >= 0.3 is 11.9 Å². The number of carbonyl (C=O) groups excluding carboxylic acids is 2. The summed E-state index contributed by atoms with van der Waals surface area (Å²) in [6, 6.07) is 15.1. The Kier molecular flexibility index (Phi) is 5.89. The molecule has 1 heterocycles. The molecule has 26 heavy (non-hydrogen) atoms. The molecule has 0 radical (unpaired) electrons. The molecular formula is C21H22O5. The maximum atomic E-state index is 12.6. The topological polar surface area (TPSA) is 61.8 Å². The Morgan fingerprint density at radius 1 is 1.08 bits per heavy atom. The van der Waals surface area contributed by atoms with E-state index in [1.54, 1.807) is 6.92 Å². The van der Waals surface area contributed by atoms with E-state index in [4.69, 9.17) is 14.2 Å². The van der Waals surface area contributed by atoms with Crippen LogP contribution >= 0.6 is 0 Å². The molecule has 1 aliphatic rings. The van der Waals surface area contributed by atoms with Crippen LogP contribution in [-0.2, 0) is 32.1 Å². The van der Waals surface area contributed by atoms with Gasteiger partial charge in [0.2, 0.25) is 0 Å². The third kappa shape index (κ3) is 4.23. The lowest BCUT2D eigenvalue weighted by Crippen LogP contribution is -2.24. The molecule has 3 rings (SSSR count). The number of fused-ring (bicyclic) bond motifs is 1. The molecule has 5 heteroatoms. The van der Waals surface area contributed by atoms with Crippen LogP contribution in [0.2, 0.25) is 0 Å². The molecule has 0 fully saturated rings. The van der Waals surface area contributed by atoms with E-state index in [0.717, 1.165) is 16.7 Å². The highest BCUT2D eigenvalue weighted by Crippen LogP contribution is 2.37. The summed E-state index contributed by atoms with van der Waals surface area (Å²) in [5.41, 5.74) is 2.46. The average molecular weight is 354 g/mol. The van der Waals surface area contributed by atoms with Gasteiger partial charge in [0.25, 0.3) is 0 Å². The third-order valence-corrected chi connectivity index (χ3v) is 4.30. The second kappa shape index (κ2) is 8.52. The van der Waals surface area contributed by atoms with Crippen molar-refractivity contribution >= 4 is 11.9 Å². The first-order chi connectivity index (χ1) is 12.7. The summed E-state index contributed by atoms with van der Waals surface area (Å²) in [7, 11) is 0. The Balaban J connectivity index is 1.73. The molecule has 1 aliphatic heterocycles. The van der Waals surface area contributed by atoms with Crippen LogP contribution in [0.1, 0.15) is 36.0 Å². The van der Waals surface area contributed by atoms with Gasteiger partial charge in [-0.25, -0.2) is 0 Å². The molecule has 2 aromatic carbocycles. The fraction of sp³-hybridized carbons (Fsp3) is 0.333. The van der Waals surface area contributed by atoms with Gasteiger partial charge in [0.1, 0.15) is 12.4 Å². The van der Waals surface area contributed by atoms with Crippen molar-refractivity contribution in [3.63, 3.8) is 0 Å². The Bertz CT molecular complexity index is 769. The molecule has 136 valence electrons. The van der Waals surface area contributed by atoms with E-state index in [1.165, 1.54) is 0 Å². The summed E-state index contributed by atoms with van der Waals surface area (Å²) in [6.07, 6.45) is 0.687. The summed E-state index contributed by atoms with van der Waals surface area (Å²) in [5, 5.41) is 0. The summed E-state index contributed by atoms with van der Waals surface area (Å²) in [5.74, 6) is -0.358. The van der Waals surface area contributed by atoms with Crippen LogP contribution < -0.4 is 4.74 Å². The molecule has 0 aromatic heterocycles. The second-order valence-corrected chi connectivity index (χ2v) is 6.10. The standard InChI is InChI=1S/C21H22O5/c1-2-24-19(22)13-16-9-6-10-17-18(11-12-25-20(16)17)21(23)26-14-15-7-4-3-5-8-15/h3-10,18H,2,11-14H2,1H3. The Morgan fingerprint density at radius 3 is 2.65 bits per heavy atom. The van der Waals surface area contributed by atoms with Gasteiger partial charge in [-0.3, -0.25) is 9.59 Å². The van der Waals surface area contributed by atoms with Gasteiger partial charge in [0, 0.05) is 11.1 Å². The minimum absolute atomic E-state index is 0.128. The van der Waals surface area contributed by atoms with Crippen molar-refractivity contribution in [1.29, 1.82) is 0 Å². The van der Waals surface area contributed by atoms with Crippen molar-refractivity contribution in [3.8, 4) is 5.75 Å². The molecule has 5 nitrogen and oxygen atoms in total. The van der Waals surface area contributed by atoms with Crippen molar-refractivity contribution in [1.82, 2.24) is 0 Å². The van der Waals surface area contributed by atoms with Crippen LogP contribution in [0.25, 0.3) is 0 Å². The van der Waals surface area contributed by atoms with Crippen molar-refractivity contribution in [2.24, 2.45) is 0 Å². The lowest BCUT2D eigenvalue weighted by atomic mass is 9.90. The van der Waals surface area contributed by atoms with Gasteiger partial charge in [-0.15, -0.1) is 0 Å². The Hall–Kier alpha value is -2.82. The van der Waals surface area contributed by atoms with E-state index in [-0.39, 0.29) is 30.9 Å². The van der Waals surface area contributed by atoms with E-state index in [9.17, 15) is 9.59 Å². The molecule has 1 unspecified atom stereocenters. The summed E-state index contributed by atoms with van der Waals surface area (Å²) >= 11 is 0. The van der Waals surface area contributed by atoms with Crippen LogP contribution in [0.4, 0.5) is 0 Å². The monoisotopic (exact) mass is 354 g/mol. The van der Waals surface area contributed by atoms with E-state index < -0.39 is 0 Å². The van der Waals surface area contributed by atoms with Gasteiger partial charge in [0.15, 0.2) is 0 Å². The van der Waals surface area contributed by atoms with Crippen molar-refractivity contribution in [2.75, 3.05) is 13.2 Å². The van der Waals surface area contributed by atoms with Crippen LogP contribution in [-0.4, -0.2) is 25.2 Å². The molecule has 0 amide bonds. The van der Waals surface area contributed by atoms with E-state index in [2.05, 4.69) is 0 Å². The molecular weight excluding hydrogens is 332 g/mol. The normalized spacial score (nSPS) is 15.5. The molecule has 0 saturated carbocycles. The van der Waals surface area contributed by atoms with Crippen molar-refractivity contribution in [2.45, 2.75) is 32.3 Å². The number of esters is 2. The number of hydrogen-bond donors (Lipinski definition) is 0. The molecule has 0 saturated heterocycles. The highest BCUT2D eigenvalue weighted by Gasteiger charge is 2.30. The van der Waals surface area contributed by atoms with Crippen molar-refractivity contribution < 1.29 is 23.8 Å². The third-order valence-electron chi connectivity index (χ3n) is 4.30. The molecule has 0 bridgehead atoms. The minimum Gasteiger partial charge on any atom is -0.493 e. The smallest absolute Gasteiger partial charge is 0.314 e. The Labute approximate surface area is 152 Å². The summed E-state index contributed by atoms with van der Waals surface area (Å²) in [6.45, 7) is 2.77. The first-order valence-electron chi connectivity index (χ1n) is 8.79. The predicted molar refractivity (Wildman–Crippen MR) is 95.9 cm³/mol. The van der Waals surface area contributed by atoms with E-state index in [0.29, 0.717) is 25.4 Å². The average Bonchev–Trinajstić information content (AvgIpc) is 2.67. The lowest BCUT2D eigenvalue weighted by Gasteiger charge is -2.26. The first-order valence-corrected chi connectivity index (χ1v) is 8.79. The zero-order chi connectivity index (χ0) is 18.4. The Morgan fingerprint density at radius 2 is 1.88 bits per heavy atom. The molecule has 2 aromatic rings. The fourth-order valence-corrected chi connectivity index (χ4v) is 3.07. The second-order valence-electron chi connectivity index (χ2n) is 6.10. The van der Waals surface area contributed by atoms with Crippen LogP contribution in [0.3, 0.4) is 0 Å². The summed E-state index contributed by atoms with van der Waals surface area (Å²) < 4.78 is 16.3. The number of ether oxygens (including phenoxy) is 3. The van der Waals surface area contributed by atoms with Gasteiger partial charge in [-0.05, 0) is 18.9 Å². The van der Waals surface area contributed by atoms with Crippen molar-refractivity contribution in [3.05, 3.63) is 65.2 Å². The predicted octanol–water partition coefficient (Wildman–Crippen LogP) is 3.40. The zero-order valence-corrected chi connectivity index (χ0v) is 14.8. The van der Waals surface area contributed by atoms with Crippen LogP contribution in [0, 0.1) is 0 Å². The van der Waals surface area contributed by atoms with Crippen LogP contribution in [0.15, 0.2) is 48.5 Å². The zero-order valence-electron chi connectivity index (χ0n) is 14.8. The highest BCUT2D eigenvalue weighted by atomic mass is 16.5. The molecule has 1 atom stereocenters. The van der Waals surface area contributed by atoms with Gasteiger partial charge in [0.05, 0.1) is 25.6 Å². The molecule has 0 aliphatic carbocycles. The SMILES string of the molecule is CCOC(=O)Cc1cccc2c1OCCC2C(=O)OCc1ccccc1.